The molecule has 4 unspecified atom stereocenters. The van der Waals surface area contributed by atoms with Crippen LogP contribution >= 0.6 is 0 Å². The van der Waals surface area contributed by atoms with E-state index in [1.807, 2.05) is 11.6 Å². The molecule has 2 saturated carbocycles. The molecule has 0 aromatic carbocycles. The summed E-state index contributed by atoms with van der Waals surface area (Å²) in [5, 5.41) is 17.3. The first kappa shape index (κ1) is 16.5. The number of carbonyl (C=O) groups excluding carboxylic acids is 1. The number of hydrogen-bond donors (Lipinski definition) is 2. The van der Waals surface area contributed by atoms with Gasteiger partial charge < -0.3 is 10.4 Å². The second-order valence-corrected chi connectivity index (χ2v) is 7.24. The highest BCUT2D eigenvalue weighted by Crippen LogP contribution is 2.48. The minimum Gasteiger partial charge on any atom is -0.396 e. The highest BCUT2D eigenvalue weighted by molar-refractivity contribution is 5.95. The van der Waals surface area contributed by atoms with E-state index in [0.717, 1.165) is 25.0 Å². The van der Waals surface area contributed by atoms with Crippen LogP contribution in [-0.2, 0) is 0 Å². The smallest absolute Gasteiger partial charge is 0.254 e. The van der Waals surface area contributed by atoms with Gasteiger partial charge in [-0.15, -0.1) is 0 Å². The van der Waals surface area contributed by atoms with Gasteiger partial charge in [0.2, 0.25) is 0 Å². The number of fused-ring (bicyclic) bond motifs is 2. The molecule has 5 nitrogen and oxygen atoms in total. The molecule has 1 aromatic rings. The zero-order valence-corrected chi connectivity index (χ0v) is 14.5. The molecular weight excluding hydrogens is 290 g/mol. The lowest BCUT2D eigenvalue weighted by Gasteiger charge is -2.30. The fraction of sp³-hybridized carbons (Fsp3) is 0.778. The van der Waals surface area contributed by atoms with E-state index in [1.54, 1.807) is 6.20 Å². The van der Waals surface area contributed by atoms with Crippen LogP contribution < -0.4 is 5.32 Å². The Hall–Kier alpha value is -1.36. The molecule has 3 rings (SSSR count). The van der Waals surface area contributed by atoms with E-state index in [1.165, 1.54) is 12.8 Å². The van der Waals surface area contributed by atoms with Gasteiger partial charge in [0.05, 0.1) is 17.8 Å². The number of amides is 1. The highest BCUT2D eigenvalue weighted by Gasteiger charge is 2.47. The quantitative estimate of drug-likeness (QED) is 0.847. The predicted molar refractivity (Wildman–Crippen MR) is 89.2 cm³/mol. The van der Waals surface area contributed by atoms with Crippen molar-refractivity contribution in [2.24, 2.45) is 17.8 Å². The standard InChI is InChI=1S/C18H29N3O2/c1-4-14(5-2)21-11(3)15(9-19-21)18(23)20-17-13-7-6-12(8-13)16(17)10-22/h9,12-14,16-17,22H,4-8,10H2,1-3H3,(H,20,23). The van der Waals surface area contributed by atoms with Gasteiger partial charge in [-0.05, 0) is 50.9 Å². The van der Waals surface area contributed by atoms with Crippen molar-refractivity contribution in [2.45, 2.75) is 65.0 Å². The summed E-state index contributed by atoms with van der Waals surface area (Å²) in [6.45, 7) is 6.45. The zero-order chi connectivity index (χ0) is 16.6. The van der Waals surface area contributed by atoms with E-state index >= 15 is 0 Å². The average molecular weight is 319 g/mol. The summed E-state index contributed by atoms with van der Waals surface area (Å²) in [5.41, 5.74) is 1.62. The third-order valence-electron chi connectivity index (χ3n) is 6.17. The molecule has 5 heteroatoms. The Morgan fingerprint density at radius 1 is 1.39 bits per heavy atom. The Bertz CT molecular complexity index is 565. The first-order valence-electron chi connectivity index (χ1n) is 9.06. The summed E-state index contributed by atoms with van der Waals surface area (Å²) in [7, 11) is 0. The lowest BCUT2D eigenvalue weighted by Crippen LogP contribution is -2.45. The van der Waals surface area contributed by atoms with Gasteiger partial charge in [-0.1, -0.05) is 13.8 Å². The van der Waals surface area contributed by atoms with E-state index in [4.69, 9.17) is 0 Å². The molecule has 2 aliphatic rings. The van der Waals surface area contributed by atoms with Gasteiger partial charge in [0.1, 0.15) is 0 Å². The van der Waals surface area contributed by atoms with Crippen LogP contribution in [0.3, 0.4) is 0 Å². The molecule has 0 radical (unpaired) electrons. The van der Waals surface area contributed by atoms with E-state index in [9.17, 15) is 9.90 Å². The molecule has 1 aromatic heterocycles. The van der Waals surface area contributed by atoms with E-state index in [-0.39, 0.29) is 24.5 Å². The maximum atomic E-state index is 12.7. The topological polar surface area (TPSA) is 67.2 Å². The molecule has 2 aliphatic carbocycles. The van der Waals surface area contributed by atoms with Gasteiger partial charge in [-0.3, -0.25) is 9.48 Å². The average Bonchev–Trinajstić information content (AvgIpc) is 3.24. The number of aliphatic hydroxyl groups excluding tert-OH is 1. The number of aliphatic hydroxyl groups is 1. The largest absolute Gasteiger partial charge is 0.396 e. The van der Waals surface area contributed by atoms with Crippen molar-refractivity contribution in [3.63, 3.8) is 0 Å². The highest BCUT2D eigenvalue weighted by atomic mass is 16.3. The minimum absolute atomic E-state index is 0.0318. The molecule has 23 heavy (non-hydrogen) atoms. The fourth-order valence-electron chi connectivity index (χ4n) is 4.78. The van der Waals surface area contributed by atoms with Gasteiger partial charge in [-0.25, -0.2) is 0 Å². The molecule has 2 fully saturated rings. The van der Waals surface area contributed by atoms with Crippen LogP contribution in [0.15, 0.2) is 6.20 Å². The van der Waals surface area contributed by atoms with Crippen molar-refractivity contribution >= 4 is 5.91 Å². The second-order valence-electron chi connectivity index (χ2n) is 7.24. The molecule has 128 valence electrons. The number of carbonyl (C=O) groups is 1. The maximum absolute atomic E-state index is 12.7. The molecule has 2 bridgehead atoms. The Morgan fingerprint density at radius 2 is 2.09 bits per heavy atom. The molecule has 0 spiro atoms. The first-order valence-corrected chi connectivity index (χ1v) is 9.06. The number of hydrogen-bond acceptors (Lipinski definition) is 3. The number of nitrogens with zero attached hydrogens (tertiary/aromatic N) is 2. The Morgan fingerprint density at radius 3 is 2.74 bits per heavy atom. The number of nitrogens with one attached hydrogen (secondary N) is 1. The van der Waals surface area contributed by atoms with Crippen LogP contribution in [0.1, 0.15) is 68.0 Å². The summed E-state index contributed by atoms with van der Waals surface area (Å²) in [6, 6.07) is 0.478. The maximum Gasteiger partial charge on any atom is 0.254 e. The van der Waals surface area contributed by atoms with Crippen LogP contribution in [0.2, 0.25) is 0 Å². The summed E-state index contributed by atoms with van der Waals surface area (Å²) >= 11 is 0. The van der Waals surface area contributed by atoms with Gasteiger partial charge in [0.15, 0.2) is 0 Å². The summed E-state index contributed by atoms with van der Waals surface area (Å²) in [6.07, 6.45) is 7.26. The Labute approximate surface area is 138 Å². The minimum atomic E-state index is -0.0318. The molecule has 1 amide bonds. The molecule has 2 N–H and O–H groups in total. The second kappa shape index (κ2) is 6.63. The summed E-state index contributed by atoms with van der Waals surface area (Å²) < 4.78 is 1.99. The third-order valence-corrected chi connectivity index (χ3v) is 6.17. The summed E-state index contributed by atoms with van der Waals surface area (Å²) in [4.78, 5) is 12.7. The zero-order valence-electron chi connectivity index (χ0n) is 14.5. The van der Waals surface area contributed by atoms with Crippen LogP contribution in [-0.4, -0.2) is 33.4 Å². The van der Waals surface area contributed by atoms with E-state index in [0.29, 0.717) is 23.4 Å². The molecular formula is C18H29N3O2. The van der Waals surface area contributed by atoms with E-state index < -0.39 is 0 Å². The van der Waals surface area contributed by atoms with Crippen LogP contribution in [0.5, 0.6) is 0 Å². The van der Waals surface area contributed by atoms with E-state index in [2.05, 4.69) is 24.3 Å². The van der Waals surface area contributed by atoms with Crippen LogP contribution in [0, 0.1) is 24.7 Å². The fourth-order valence-corrected chi connectivity index (χ4v) is 4.78. The Kier molecular flexibility index (Phi) is 4.76. The van der Waals surface area contributed by atoms with Gasteiger partial charge >= 0.3 is 0 Å². The molecule has 0 aliphatic heterocycles. The van der Waals surface area contributed by atoms with Crippen molar-refractivity contribution in [3.05, 3.63) is 17.5 Å². The third kappa shape index (κ3) is 2.80. The van der Waals surface area contributed by atoms with Crippen molar-refractivity contribution in [3.8, 4) is 0 Å². The number of aromatic nitrogens is 2. The lowest BCUT2D eigenvalue weighted by atomic mass is 9.85. The lowest BCUT2D eigenvalue weighted by molar-refractivity contribution is 0.0860. The van der Waals surface area contributed by atoms with Crippen molar-refractivity contribution in [1.29, 1.82) is 0 Å². The molecule has 4 atom stereocenters. The normalized spacial score (nSPS) is 29.4. The summed E-state index contributed by atoms with van der Waals surface area (Å²) in [5.74, 6) is 1.32. The Balaban J connectivity index is 1.74. The van der Waals surface area contributed by atoms with Crippen molar-refractivity contribution in [1.82, 2.24) is 15.1 Å². The number of rotatable bonds is 6. The van der Waals surface area contributed by atoms with Crippen molar-refractivity contribution < 1.29 is 9.90 Å². The van der Waals surface area contributed by atoms with Crippen LogP contribution in [0.4, 0.5) is 0 Å². The van der Waals surface area contributed by atoms with Crippen molar-refractivity contribution in [2.75, 3.05) is 6.61 Å². The van der Waals surface area contributed by atoms with Gasteiger partial charge in [0.25, 0.3) is 5.91 Å². The monoisotopic (exact) mass is 319 g/mol. The SMILES string of the molecule is CCC(CC)n1ncc(C(=O)NC2C3CCC(C3)C2CO)c1C. The predicted octanol–water partition coefficient (Wildman–Crippen LogP) is 2.69. The first-order chi connectivity index (χ1) is 11.1. The van der Waals surface area contributed by atoms with Crippen LogP contribution in [0.25, 0.3) is 0 Å². The molecule has 1 heterocycles. The molecule has 0 saturated heterocycles. The van der Waals surface area contributed by atoms with Gasteiger partial charge in [0, 0.05) is 24.3 Å². The van der Waals surface area contributed by atoms with Gasteiger partial charge in [-0.2, -0.15) is 5.10 Å².